The molecular formula is C25H27IN2O3. The van der Waals surface area contributed by atoms with Crippen molar-refractivity contribution in [3.63, 3.8) is 0 Å². The van der Waals surface area contributed by atoms with Crippen molar-refractivity contribution >= 4 is 34.2 Å². The van der Waals surface area contributed by atoms with Crippen molar-refractivity contribution in [1.82, 2.24) is 4.98 Å². The molecule has 0 aliphatic heterocycles. The molecule has 0 bridgehead atoms. The summed E-state index contributed by atoms with van der Waals surface area (Å²) in [6, 6.07) is 17.9. The fourth-order valence-electron chi connectivity index (χ4n) is 3.30. The zero-order chi connectivity index (χ0) is 22.2. The van der Waals surface area contributed by atoms with Crippen LogP contribution in [0.25, 0.3) is 0 Å². The van der Waals surface area contributed by atoms with Crippen LogP contribution in [0, 0.1) is 3.57 Å². The van der Waals surface area contributed by atoms with Crippen molar-refractivity contribution in [2.45, 2.75) is 33.2 Å². The van der Waals surface area contributed by atoms with E-state index in [2.05, 4.69) is 58.8 Å². The van der Waals surface area contributed by atoms with Gasteiger partial charge in [-0.2, -0.15) is 0 Å². The summed E-state index contributed by atoms with van der Waals surface area (Å²) >= 11 is 2.29. The molecule has 0 spiro atoms. The van der Waals surface area contributed by atoms with Gasteiger partial charge in [0.1, 0.15) is 11.5 Å². The highest BCUT2D eigenvalue weighted by Crippen LogP contribution is 2.29. The van der Waals surface area contributed by atoms with Crippen molar-refractivity contribution in [1.29, 1.82) is 0 Å². The van der Waals surface area contributed by atoms with E-state index in [1.807, 2.05) is 30.3 Å². The van der Waals surface area contributed by atoms with Crippen LogP contribution in [0.1, 0.15) is 37.1 Å². The Morgan fingerprint density at radius 2 is 1.90 bits per heavy atom. The average molecular weight is 530 g/mol. The molecule has 2 aromatic carbocycles. The number of benzene rings is 2. The molecule has 1 aromatic heterocycles. The molecule has 6 heteroatoms. The molecule has 3 rings (SSSR count). The lowest BCUT2D eigenvalue weighted by Gasteiger charge is -2.25. The van der Waals surface area contributed by atoms with Crippen molar-refractivity contribution in [2.75, 3.05) is 18.6 Å². The molecule has 3 aromatic rings. The number of rotatable bonds is 9. The predicted octanol–water partition coefficient (Wildman–Crippen LogP) is 5.63. The summed E-state index contributed by atoms with van der Waals surface area (Å²) in [7, 11) is 1.63. The Kier molecular flexibility index (Phi) is 8.28. The van der Waals surface area contributed by atoms with E-state index in [0.29, 0.717) is 19.6 Å². The van der Waals surface area contributed by atoms with E-state index in [4.69, 9.17) is 9.47 Å². The lowest BCUT2D eigenvalue weighted by molar-refractivity contribution is -0.116. The number of carbonyl (C=O) groups excluding carboxylic acids is 1. The summed E-state index contributed by atoms with van der Waals surface area (Å²) in [6.45, 7) is 4.63. The SMILES string of the molecule is CCCOc1ccc(OC)cc1CN(C(C)=O)c1cccnc1Cc1ccc(I)cc1. The number of halogens is 1. The molecule has 0 N–H and O–H groups in total. The first-order valence-corrected chi connectivity index (χ1v) is 11.4. The number of aromatic nitrogens is 1. The summed E-state index contributed by atoms with van der Waals surface area (Å²) in [6.07, 6.45) is 3.32. The number of carbonyl (C=O) groups is 1. The van der Waals surface area contributed by atoms with E-state index in [0.717, 1.165) is 40.4 Å². The Balaban J connectivity index is 1.95. The maximum atomic E-state index is 12.7. The van der Waals surface area contributed by atoms with Gasteiger partial charge in [0.15, 0.2) is 0 Å². The van der Waals surface area contributed by atoms with Gasteiger partial charge in [0.25, 0.3) is 0 Å². The predicted molar refractivity (Wildman–Crippen MR) is 132 cm³/mol. The van der Waals surface area contributed by atoms with Gasteiger partial charge >= 0.3 is 0 Å². The lowest BCUT2D eigenvalue weighted by atomic mass is 10.1. The monoisotopic (exact) mass is 530 g/mol. The van der Waals surface area contributed by atoms with Crippen LogP contribution in [0.15, 0.2) is 60.8 Å². The van der Waals surface area contributed by atoms with Gasteiger partial charge in [0.05, 0.1) is 31.6 Å². The second-order valence-electron chi connectivity index (χ2n) is 7.20. The van der Waals surface area contributed by atoms with Gasteiger partial charge in [-0.1, -0.05) is 19.1 Å². The molecule has 0 atom stereocenters. The highest BCUT2D eigenvalue weighted by atomic mass is 127. The Labute approximate surface area is 197 Å². The van der Waals surface area contributed by atoms with Crippen LogP contribution in [0.5, 0.6) is 11.5 Å². The van der Waals surface area contributed by atoms with Gasteiger partial charge < -0.3 is 14.4 Å². The van der Waals surface area contributed by atoms with E-state index in [-0.39, 0.29) is 5.91 Å². The fraction of sp³-hybridized carbons (Fsp3) is 0.280. The van der Waals surface area contributed by atoms with Gasteiger partial charge in [-0.25, -0.2) is 0 Å². The van der Waals surface area contributed by atoms with Crippen molar-refractivity contribution < 1.29 is 14.3 Å². The van der Waals surface area contributed by atoms with E-state index < -0.39 is 0 Å². The quantitative estimate of drug-likeness (QED) is 0.337. The first-order valence-electron chi connectivity index (χ1n) is 10.3. The van der Waals surface area contributed by atoms with Crippen LogP contribution in [0.2, 0.25) is 0 Å². The molecular weight excluding hydrogens is 503 g/mol. The maximum Gasteiger partial charge on any atom is 0.224 e. The second kappa shape index (κ2) is 11.1. The third-order valence-electron chi connectivity index (χ3n) is 4.88. The standard InChI is InChI=1S/C25H27IN2O3/c1-4-14-31-25-12-11-22(30-3)16-20(25)17-28(18(2)29)24-6-5-13-27-23(24)15-19-7-9-21(26)10-8-19/h5-13,16H,4,14-15,17H2,1-3H3. The van der Waals surface area contributed by atoms with Crippen molar-refractivity contribution in [3.8, 4) is 11.5 Å². The molecule has 1 amide bonds. The fourth-order valence-corrected chi connectivity index (χ4v) is 3.66. The number of nitrogens with zero attached hydrogens (tertiary/aromatic N) is 2. The highest BCUT2D eigenvalue weighted by molar-refractivity contribution is 14.1. The smallest absolute Gasteiger partial charge is 0.224 e. The molecule has 31 heavy (non-hydrogen) atoms. The minimum Gasteiger partial charge on any atom is -0.497 e. The molecule has 0 aliphatic rings. The lowest BCUT2D eigenvalue weighted by Crippen LogP contribution is -2.29. The molecule has 5 nitrogen and oxygen atoms in total. The first-order chi connectivity index (χ1) is 15.0. The summed E-state index contributed by atoms with van der Waals surface area (Å²) in [5.41, 5.74) is 3.71. The Bertz CT molecular complexity index is 1020. The number of methoxy groups -OCH3 is 1. The maximum absolute atomic E-state index is 12.7. The molecule has 1 heterocycles. The summed E-state index contributed by atoms with van der Waals surface area (Å²) in [4.78, 5) is 19.1. The number of anilines is 1. The third-order valence-corrected chi connectivity index (χ3v) is 5.60. The van der Waals surface area contributed by atoms with Gasteiger partial charge in [0.2, 0.25) is 5.91 Å². The van der Waals surface area contributed by atoms with Crippen LogP contribution in [0.4, 0.5) is 5.69 Å². The minimum atomic E-state index is -0.0545. The van der Waals surface area contributed by atoms with E-state index in [1.54, 1.807) is 25.1 Å². The Hall–Kier alpha value is -2.61. The van der Waals surface area contributed by atoms with Gasteiger partial charge in [-0.3, -0.25) is 9.78 Å². The Morgan fingerprint density at radius 3 is 2.58 bits per heavy atom. The molecule has 0 unspecified atom stereocenters. The topological polar surface area (TPSA) is 51.7 Å². The van der Waals surface area contributed by atoms with E-state index in [9.17, 15) is 4.79 Å². The van der Waals surface area contributed by atoms with Gasteiger partial charge in [0, 0.05) is 28.7 Å². The minimum absolute atomic E-state index is 0.0545. The third kappa shape index (κ3) is 6.19. The first kappa shape index (κ1) is 23.1. The summed E-state index contributed by atoms with van der Waals surface area (Å²) < 4.78 is 12.5. The summed E-state index contributed by atoms with van der Waals surface area (Å²) in [5, 5.41) is 0. The second-order valence-corrected chi connectivity index (χ2v) is 8.45. The zero-order valence-corrected chi connectivity index (χ0v) is 20.3. The molecule has 0 radical (unpaired) electrons. The number of hydrogen-bond acceptors (Lipinski definition) is 4. The molecule has 0 aliphatic carbocycles. The van der Waals surface area contributed by atoms with Crippen LogP contribution in [-0.2, 0) is 17.8 Å². The number of pyridine rings is 1. The van der Waals surface area contributed by atoms with Crippen molar-refractivity contribution in [3.05, 3.63) is 81.2 Å². The number of ether oxygens (including phenoxy) is 2. The molecule has 162 valence electrons. The number of amides is 1. The zero-order valence-electron chi connectivity index (χ0n) is 18.1. The van der Waals surface area contributed by atoms with E-state index >= 15 is 0 Å². The van der Waals surface area contributed by atoms with Crippen LogP contribution in [-0.4, -0.2) is 24.6 Å². The average Bonchev–Trinajstić information content (AvgIpc) is 2.78. The van der Waals surface area contributed by atoms with Gasteiger partial charge in [-0.05, 0) is 77.0 Å². The van der Waals surface area contributed by atoms with Crippen LogP contribution >= 0.6 is 22.6 Å². The van der Waals surface area contributed by atoms with Crippen LogP contribution < -0.4 is 14.4 Å². The van der Waals surface area contributed by atoms with Gasteiger partial charge in [-0.15, -0.1) is 0 Å². The molecule has 0 saturated carbocycles. The normalized spacial score (nSPS) is 10.6. The number of hydrogen-bond donors (Lipinski definition) is 0. The summed E-state index contributed by atoms with van der Waals surface area (Å²) in [5.74, 6) is 1.44. The largest absolute Gasteiger partial charge is 0.497 e. The Morgan fingerprint density at radius 1 is 1.13 bits per heavy atom. The highest BCUT2D eigenvalue weighted by Gasteiger charge is 2.19. The molecule has 0 saturated heterocycles. The van der Waals surface area contributed by atoms with Crippen molar-refractivity contribution in [2.24, 2.45) is 0 Å². The molecule has 0 fully saturated rings. The van der Waals surface area contributed by atoms with E-state index in [1.165, 1.54) is 3.57 Å². The van der Waals surface area contributed by atoms with Crippen LogP contribution in [0.3, 0.4) is 0 Å².